The largest absolute Gasteiger partial charge is 0.392 e. The highest BCUT2D eigenvalue weighted by atomic mass is 32.2. The predicted molar refractivity (Wildman–Crippen MR) is 70.7 cm³/mol. The number of thioether (sulfide) groups is 1. The Hall–Kier alpha value is -1.27. The monoisotopic (exact) mass is 256 g/mol. The summed E-state index contributed by atoms with van der Waals surface area (Å²) < 4.78 is 0. The van der Waals surface area contributed by atoms with Gasteiger partial charge in [-0.3, -0.25) is 10.1 Å². The average Bonchev–Trinajstić information content (AvgIpc) is 2.34. The number of anilines is 1. The Morgan fingerprint density at radius 3 is 2.76 bits per heavy atom. The van der Waals surface area contributed by atoms with Crippen molar-refractivity contribution in [3.63, 3.8) is 0 Å². The number of nitrogens with zero attached hydrogens (tertiary/aromatic N) is 2. The molecule has 0 radical (unpaired) electrons. The molecule has 0 bridgehead atoms. The van der Waals surface area contributed by atoms with E-state index in [-0.39, 0.29) is 12.3 Å². The Morgan fingerprint density at radius 1 is 1.53 bits per heavy atom. The predicted octanol–water partition coefficient (Wildman–Crippen LogP) is 1.89. The van der Waals surface area contributed by atoms with Crippen LogP contribution in [0, 0.1) is 10.1 Å². The van der Waals surface area contributed by atoms with Crippen LogP contribution in [0.5, 0.6) is 0 Å². The average molecular weight is 256 g/mol. The molecule has 0 fully saturated rings. The lowest BCUT2D eigenvalue weighted by atomic mass is 10.1. The van der Waals surface area contributed by atoms with Crippen LogP contribution in [0.2, 0.25) is 0 Å². The SMILES string of the molecule is CSCCN(C)c1ccc([N+](=O)[O-])cc1CO. The Morgan fingerprint density at radius 2 is 2.24 bits per heavy atom. The van der Waals surface area contributed by atoms with Crippen LogP contribution in [-0.4, -0.2) is 35.6 Å². The molecule has 0 aromatic heterocycles. The van der Waals surface area contributed by atoms with Crippen molar-refractivity contribution in [2.75, 3.05) is 30.5 Å². The zero-order valence-electron chi connectivity index (χ0n) is 9.92. The van der Waals surface area contributed by atoms with Gasteiger partial charge in [-0.2, -0.15) is 11.8 Å². The van der Waals surface area contributed by atoms with Gasteiger partial charge >= 0.3 is 0 Å². The molecule has 1 rings (SSSR count). The summed E-state index contributed by atoms with van der Waals surface area (Å²) in [5.41, 5.74) is 1.44. The Balaban J connectivity index is 2.95. The van der Waals surface area contributed by atoms with Gasteiger partial charge in [0.2, 0.25) is 0 Å². The normalized spacial score (nSPS) is 10.3. The van der Waals surface area contributed by atoms with E-state index in [9.17, 15) is 15.2 Å². The highest BCUT2D eigenvalue weighted by Crippen LogP contribution is 2.24. The van der Waals surface area contributed by atoms with Crippen LogP contribution in [0.1, 0.15) is 5.56 Å². The van der Waals surface area contributed by atoms with E-state index >= 15 is 0 Å². The van der Waals surface area contributed by atoms with E-state index < -0.39 is 4.92 Å². The number of nitro groups is 1. The number of aliphatic hydroxyl groups is 1. The highest BCUT2D eigenvalue weighted by molar-refractivity contribution is 7.98. The van der Waals surface area contributed by atoms with Crippen molar-refractivity contribution in [2.24, 2.45) is 0 Å². The number of hydrogen-bond acceptors (Lipinski definition) is 5. The molecule has 0 aliphatic heterocycles. The minimum Gasteiger partial charge on any atom is -0.392 e. The first-order chi connectivity index (χ1) is 8.10. The van der Waals surface area contributed by atoms with E-state index in [0.717, 1.165) is 18.0 Å². The maximum atomic E-state index is 10.6. The molecular weight excluding hydrogens is 240 g/mol. The topological polar surface area (TPSA) is 66.6 Å². The second kappa shape index (κ2) is 6.46. The summed E-state index contributed by atoms with van der Waals surface area (Å²) in [6.45, 7) is 0.645. The molecule has 0 amide bonds. The Labute approximate surface area is 105 Å². The van der Waals surface area contributed by atoms with Crippen molar-refractivity contribution in [1.82, 2.24) is 0 Å². The summed E-state index contributed by atoms with van der Waals surface area (Å²) in [7, 11) is 1.91. The molecule has 94 valence electrons. The number of aliphatic hydroxyl groups excluding tert-OH is 1. The van der Waals surface area contributed by atoms with E-state index in [1.54, 1.807) is 17.8 Å². The molecule has 0 unspecified atom stereocenters. The fraction of sp³-hybridized carbons (Fsp3) is 0.455. The molecular formula is C11H16N2O3S. The number of hydrogen-bond donors (Lipinski definition) is 1. The number of benzene rings is 1. The Bertz CT molecular complexity index is 398. The van der Waals surface area contributed by atoms with E-state index in [4.69, 9.17) is 0 Å². The standard InChI is InChI=1S/C11H16N2O3S/c1-12(5-6-17-2)11-4-3-10(13(15)16)7-9(11)8-14/h3-4,7,14H,5-6,8H2,1-2H3. The minimum atomic E-state index is -0.454. The number of non-ortho nitro benzene ring substituents is 1. The fourth-order valence-corrected chi connectivity index (χ4v) is 1.99. The van der Waals surface area contributed by atoms with Crippen LogP contribution in [0.25, 0.3) is 0 Å². The molecule has 1 aromatic rings. The molecule has 0 heterocycles. The third kappa shape index (κ3) is 3.61. The lowest BCUT2D eigenvalue weighted by Gasteiger charge is -2.21. The molecule has 0 saturated heterocycles. The van der Waals surface area contributed by atoms with E-state index in [0.29, 0.717) is 5.56 Å². The van der Waals surface area contributed by atoms with Crippen LogP contribution in [-0.2, 0) is 6.61 Å². The van der Waals surface area contributed by atoms with Crippen LogP contribution in [0.15, 0.2) is 18.2 Å². The summed E-state index contributed by atoms with van der Waals surface area (Å²) in [6, 6.07) is 4.57. The fourth-order valence-electron chi connectivity index (χ4n) is 1.53. The third-order valence-electron chi connectivity index (χ3n) is 2.49. The first kappa shape index (κ1) is 13.8. The summed E-state index contributed by atoms with van der Waals surface area (Å²) in [5.74, 6) is 0.971. The first-order valence-corrected chi connectivity index (χ1v) is 6.57. The molecule has 0 aliphatic rings. The quantitative estimate of drug-likeness (QED) is 0.622. The molecule has 0 atom stereocenters. The second-order valence-electron chi connectivity index (χ2n) is 3.64. The van der Waals surface area contributed by atoms with Crippen molar-refractivity contribution in [3.05, 3.63) is 33.9 Å². The lowest BCUT2D eigenvalue weighted by Crippen LogP contribution is -2.21. The maximum absolute atomic E-state index is 10.6. The van der Waals surface area contributed by atoms with Crippen molar-refractivity contribution < 1.29 is 10.0 Å². The van der Waals surface area contributed by atoms with E-state index in [2.05, 4.69) is 0 Å². The molecule has 0 saturated carbocycles. The highest BCUT2D eigenvalue weighted by Gasteiger charge is 2.12. The van der Waals surface area contributed by atoms with Gasteiger partial charge in [-0.05, 0) is 12.3 Å². The molecule has 1 aromatic carbocycles. The summed E-state index contributed by atoms with van der Waals surface area (Å²) >= 11 is 1.73. The molecule has 0 aliphatic carbocycles. The number of rotatable bonds is 6. The Kier molecular flexibility index (Phi) is 5.24. The smallest absolute Gasteiger partial charge is 0.269 e. The van der Waals surface area contributed by atoms with Crippen LogP contribution < -0.4 is 4.90 Å². The van der Waals surface area contributed by atoms with Crippen molar-refractivity contribution in [1.29, 1.82) is 0 Å². The summed E-state index contributed by atoms with van der Waals surface area (Å²) in [6.07, 6.45) is 2.02. The van der Waals surface area contributed by atoms with E-state index in [1.165, 1.54) is 12.1 Å². The third-order valence-corrected chi connectivity index (χ3v) is 3.08. The lowest BCUT2D eigenvalue weighted by molar-refractivity contribution is -0.384. The van der Waals surface area contributed by atoms with Gasteiger partial charge < -0.3 is 10.0 Å². The number of nitro benzene ring substituents is 1. The van der Waals surface area contributed by atoms with Gasteiger partial charge in [-0.1, -0.05) is 0 Å². The van der Waals surface area contributed by atoms with Crippen molar-refractivity contribution in [2.45, 2.75) is 6.61 Å². The van der Waals surface area contributed by atoms with Gasteiger partial charge in [-0.25, -0.2) is 0 Å². The van der Waals surface area contributed by atoms with Crippen LogP contribution >= 0.6 is 11.8 Å². The summed E-state index contributed by atoms with van der Waals surface area (Å²) in [4.78, 5) is 12.2. The zero-order chi connectivity index (χ0) is 12.8. The summed E-state index contributed by atoms with van der Waals surface area (Å²) in [5, 5.41) is 19.9. The van der Waals surface area contributed by atoms with Crippen LogP contribution in [0.3, 0.4) is 0 Å². The molecule has 17 heavy (non-hydrogen) atoms. The minimum absolute atomic E-state index is 0.0102. The van der Waals surface area contributed by atoms with Gasteiger partial charge in [0.25, 0.3) is 5.69 Å². The van der Waals surface area contributed by atoms with Crippen molar-refractivity contribution in [3.8, 4) is 0 Å². The maximum Gasteiger partial charge on any atom is 0.269 e. The van der Waals surface area contributed by atoms with Gasteiger partial charge in [0.1, 0.15) is 0 Å². The van der Waals surface area contributed by atoms with E-state index in [1.807, 2.05) is 18.2 Å². The molecule has 1 N–H and O–H groups in total. The zero-order valence-corrected chi connectivity index (χ0v) is 10.7. The van der Waals surface area contributed by atoms with Crippen LogP contribution in [0.4, 0.5) is 11.4 Å². The van der Waals surface area contributed by atoms with Crippen molar-refractivity contribution >= 4 is 23.1 Å². The molecule has 5 nitrogen and oxygen atoms in total. The van der Waals surface area contributed by atoms with Gasteiger partial charge in [0, 0.05) is 42.7 Å². The first-order valence-electron chi connectivity index (χ1n) is 5.18. The molecule has 0 spiro atoms. The van der Waals surface area contributed by atoms with Gasteiger partial charge in [-0.15, -0.1) is 0 Å². The van der Waals surface area contributed by atoms with Gasteiger partial charge in [0.05, 0.1) is 11.5 Å². The second-order valence-corrected chi connectivity index (χ2v) is 4.63. The molecule has 6 heteroatoms. The van der Waals surface area contributed by atoms with Gasteiger partial charge in [0.15, 0.2) is 0 Å².